The van der Waals surface area contributed by atoms with Crippen LogP contribution in [0.1, 0.15) is 31.4 Å². The first-order valence-electron chi connectivity index (χ1n) is 12.3. The fourth-order valence-electron chi connectivity index (χ4n) is 4.15. The molecule has 3 aromatic rings. The summed E-state index contributed by atoms with van der Waals surface area (Å²) in [6.45, 7) is 5.09. The highest BCUT2D eigenvalue weighted by molar-refractivity contribution is 7.92. The topological polar surface area (TPSA) is 86.8 Å². The van der Waals surface area contributed by atoms with Gasteiger partial charge in [-0.2, -0.15) is 0 Å². The number of carbonyl (C=O) groups is 2. The molecular weight excluding hydrogens is 581 g/mol. The standard InChI is InChI=1S/C28H30Cl3N3O4S/c1-4-25(28(36)32-5-2)33(17-20-14-15-23(30)24(31)16-20)27(35)18-34(26-13-9-12-22(29)19(26)3)39(37,38)21-10-7-6-8-11-21/h6-16,25H,4-5,17-18H2,1-3H3,(H,32,36)/t25-/m0/s1. The lowest BCUT2D eigenvalue weighted by Crippen LogP contribution is -2.52. The highest BCUT2D eigenvalue weighted by Gasteiger charge is 2.34. The number of hydrogen-bond donors (Lipinski definition) is 1. The molecule has 0 aliphatic rings. The average Bonchev–Trinajstić information content (AvgIpc) is 2.91. The second-order valence-corrected chi connectivity index (χ2v) is 11.9. The van der Waals surface area contributed by atoms with E-state index in [1.54, 1.807) is 75.4 Å². The SMILES string of the molecule is CCNC(=O)[C@H](CC)N(Cc1ccc(Cl)c(Cl)c1)C(=O)CN(c1cccc(Cl)c1C)S(=O)(=O)c1ccccc1. The number of nitrogens with zero attached hydrogens (tertiary/aromatic N) is 2. The van der Waals surface area contributed by atoms with E-state index in [0.29, 0.717) is 39.2 Å². The quantitative estimate of drug-likeness (QED) is 0.285. The maximum atomic E-state index is 14.0. The lowest BCUT2D eigenvalue weighted by atomic mass is 10.1. The van der Waals surface area contributed by atoms with Gasteiger partial charge in [0.05, 0.1) is 20.6 Å². The summed E-state index contributed by atoms with van der Waals surface area (Å²) in [7, 11) is -4.18. The van der Waals surface area contributed by atoms with E-state index in [-0.39, 0.29) is 23.0 Å². The van der Waals surface area contributed by atoms with Gasteiger partial charge in [-0.25, -0.2) is 8.42 Å². The predicted octanol–water partition coefficient (Wildman–Crippen LogP) is 6.09. The maximum absolute atomic E-state index is 14.0. The molecule has 3 rings (SSSR count). The van der Waals surface area contributed by atoms with Crippen molar-refractivity contribution in [3.05, 3.63) is 92.9 Å². The molecule has 7 nitrogen and oxygen atoms in total. The lowest BCUT2D eigenvalue weighted by molar-refractivity contribution is -0.140. The molecule has 0 saturated heterocycles. The number of likely N-dealkylation sites (N-methyl/N-ethyl adjacent to an activating group) is 1. The highest BCUT2D eigenvalue weighted by atomic mass is 35.5. The largest absolute Gasteiger partial charge is 0.355 e. The lowest BCUT2D eigenvalue weighted by Gasteiger charge is -2.33. The number of anilines is 1. The molecule has 0 aliphatic carbocycles. The van der Waals surface area contributed by atoms with Gasteiger partial charge in [0.1, 0.15) is 12.6 Å². The number of nitrogens with one attached hydrogen (secondary N) is 1. The summed E-state index contributed by atoms with van der Waals surface area (Å²) in [6.07, 6.45) is 0.306. The Morgan fingerprint density at radius 2 is 1.59 bits per heavy atom. The van der Waals surface area contributed by atoms with Crippen molar-refractivity contribution in [3.63, 3.8) is 0 Å². The van der Waals surface area contributed by atoms with Crippen LogP contribution >= 0.6 is 34.8 Å². The van der Waals surface area contributed by atoms with Gasteiger partial charge in [0, 0.05) is 18.1 Å². The van der Waals surface area contributed by atoms with E-state index < -0.39 is 28.5 Å². The Hall–Kier alpha value is -2.78. The van der Waals surface area contributed by atoms with Crippen LogP contribution in [0.4, 0.5) is 5.69 Å². The zero-order valence-electron chi connectivity index (χ0n) is 21.8. The first-order valence-corrected chi connectivity index (χ1v) is 14.9. The van der Waals surface area contributed by atoms with Crippen LogP contribution in [0.2, 0.25) is 15.1 Å². The predicted molar refractivity (Wildman–Crippen MR) is 157 cm³/mol. The van der Waals surface area contributed by atoms with E-state index in [4.69, 9.17) is 34.8 Å². The second-order valence-electron chi connectivity index (χ2n) is 8.80. The Morgan fingerprint density at radius 1 is 0.897 bits per heavy atom. The molecule has 1 N–H and O–H groups in total. The van der Waals surface area contributed by atoms with Crippen LogP contribution < -0.4 is 9.62 Å². The summed E-state index contributed by atoms with van der Waals surface area (Å²) >= 11 is 18.6. The molecule has 11 heteroatoms. The van der Waals surface area contributed by atoms with Crippen LogP contribution in [0.3, 0.4) is 0 Å². The van der Waals surface area contributed by atoms with Crippen molar-refractivity contribution < 1.29 is 18.0 Å². The molecule has 0 fully saturated rings. The summed E-state index contributed by atoms with van der Waals surface area (Å²) < 4.78 is 28.8. The zero-order chi connectivity index (χ0) is 28.7. The van der Waals surface area contributed by atoms with Gasteiger partial charge < -0.3 is 10.2 Å². The molecule has 0 spiro atoms. The maximum Gasteiger partial charge on any atom is 0.264 e. The van der Waals surface area contributed by atoms with Crippen LogP contribution in [0.5, 0.6) is 0 Å². The normalized spacial score (nSPS) is 12.1. The van der Waals surface area contributed by atoms with Gasteiger partial charge in [0.15, 0.2) is 0 Å². The van der Waals surface area contributed by atoms with E-state index >= 15 is 0 Å². The summed E-state index contributed by atoms with van der Waals surface area (Å²) in [6, 6.07) is 16.8. The third-order valence-corrected chi connectivity index (χ3v) is 9.11. The van der Waals surface area contributed by atoms with E-state index in [1.807, 2.05) is 0 Å². The summed E-state index contributed by atoms with van der Waals surface area (Å²) in [5, 5.41) is 3.78. The highest BCUT2D eigenvalue weighted by Crippen LogP contribution is 2.31. The molecule has 208 valence electrons. The van der Waals surface area contributed by atoms with E-state index in [9.17, 15) is 18.0 Å². The fourth-order valence-corrected chi connectivity index (χ4v) is 6.13. The summed E-state index contributed by atoms with van der Waals surface area (Å²) in [5.41, 5.74) is 1.40. The Bertz CT molecular complexity index is 1440. The molecule has 0 saturated carbocycles. The third-order valence-electron chi connectivity index (χ3n) is 6.19. The van der Waals surface area contributed by atoms with Gasteiger partial charge in [-0.1, -0.05) is 72.1 Å². The number of carbonyl (C=O) groups excluding carboxylic acids is 2. The molecule has 0 heterocycles. The van der Waals surface area contributed by atoms with Crippen molar-refractivity contribution in [2.24, 2.45) is 0 Å². The van der Waals surface area contributed by atoms with Crippen molar-refractivity contribution >= 4 is 62.3 Å². The second kappa shape index (κ2) is 13.5. The van der Waals surface area contributed by atoms with E-state index in [1.165, 1.54) is 17.0 Å². The van der Waals surface area contributed by atoms with Gasteiger partial charge in [0.25, 0.3) is 10.0 Å². The number of benzene rings is 3. The molecular formula is C28H30Cl3N3O4S. The minimum absolute atomic E-state index is 0.0130. The molecule has 0 unspecified atom stereocenters. The summed E-state index contributed by atoms with van der Waals surface area (Å²) in [4.78, 5) is 28.4. The van der Waals surface area contributed by atoms with Crippen LogP contribution in [-0.2, 0) is 26.2 Å². The Morgan fingerprint density at radius 3 is 2.21 bits per heavy atom. The molecule has 0 aromatic heterocycles. The molecule has 0 bridgehead atoms. The van der Waals surface area contributed by atoms with Gasteiger partial charge in [-0.15, -0.1) is 0 Å². The molecule has 0 radical (unpaired) electrons. The number of amides is 2. The first-order chi connectivity index (χ1) is 18.5. The van der Waals surface area contributed by atoms with Gasteiger partial charge in [-0.3, -0.25) is 13.9 Å². The smallest absolute Gasteiger partial charge is 0.264 e. The van der Waals surface area contributed by atoms with Crippen LogP contribution in [0.25, 0.3) is 0 Å². The van der Waals surface area contributed by atoms with E-state index in [2.05, 4.69) is 5.32 Å². The Balaban J connectivity index is 2.10. The van der Waals surface area contributed by atoms with E-state index in [0.717, 1.165) is 4.31 Å². The Kier molecular flexibility index (Phi) is 10.7. The van der Waals surface area contributed by atoms with Crippen molar-refractivity contribution in [2.75, 3.05) is 17.4 Å². The fraction of sp³-hybridized carbons (Fsp3) is 0.286. The van der Waals surface area contributed by atoms with Crippen molar-refractivity contribution in [1.29, 1.82) is 0 Å². The number of rotatable bonds is 11. The third kappa shape index (κ3) is 7.25. The molecule has 3 aromatic carbocycles. The van der Waals surface area contributed by atoms with Crippen LogP contribution in [0, 0.1) is 6.92 Å². The molecule has 1 atom stereocenters. The van der Waals surface area contributed by atoms with Gasteiger partial charge >= 0.3 is 0 Å². The molecule has 39 heavy (non-hydrogen) atoms. The Labute approximate surface area is 244 Å². The van der Waals surface area contributed by atoms with Crippen LogP contribution in [-0.4, -0.2) is 44.3 Å². The van der Waals surface area contributed by atoms with Crippen molar-refractivity contribution in [2.45, 2.75) is 44.7 Å². The first kappa shape index (κ1) is 30.8. The number of hydrogen-bond acceptors (Lipinski definition) is 4. The minimum Gasteiger partial charge on any atom is -0.355 e. The number of sulfonamides is 1. The summed E-state index contributed by atoms with van der Waals surface area (Å²) in [5.74, 6) is -0.914. The van der Waals surface area contributed by atoms with Gasteiger partial charge in [-0.05, 0) is 67.8 Å². The van der Waals surface area contributed by atoms with Gasteiger partial charge in [0.2, 0.25) is 11.8 Å². The zero-order valence-corrected chi connectivity index (χ0v) is 24.9. The molecule has 2 amide bonds. The average molecular weight is 611 g/mol. The van der Waals surface area contributed by atoms with Crippen LogP contribution in [0.15, 0.2) is 71.6 Å². The minimum atomic E-state index is -4.18. The van der Waals surface area contributed by atoms with Crippen molar-refractivity contribution in [3.8, 4) is 0 Å². The number of halogens is 3. The molecule has 0 aliphatic heterocycles. The monoisotopic (exact) mass is 609 g/mol. The van der Waals surface area contributed by atoms with Crippen molar-refractivity contribution in [1.82, 2.24) is 10.2 Å².